The minimum absolute atomic E-state index is 0.0151. The van der Waals surface area contributed by atoms with Crippen molar-refractivity contribution in [2.24, 2.45) is 0 Å². The van der Waals surface area contributed by atoms with Crippen LogP contribution in [0.15, 0.2) is 41.3 Å². The third kappa shape index (κ3) is 6.00. The average Bonchev–Trinajstić information content (AvgIpc) is 2.69. The van der Waals surface area contributed by atoms with Crippen molar-refractivity contribution >= 4 is 44.9 Å². The van der Waals surface area contributed by atoms with E-state index in [1.54, 1.807) is 13.8 Å². The second-order valence-corrected chi connectivity index (χ2v) is 8.61. The van der Waals surface area contributed by atoms with Gasteiger partial charge in [-0.1, -0.05) is 24.6 Å². The Morgan fingerprint density at radius 2 is 1.90 bits per heavy atom. The lowest BCUT2D eigenvalue weighted by atomic mass is 10.1. The fourth-order valence-corrected chi connectivity index (χ4v) is 3.73. The van der Waals surface area contributed by atoms with Gasteiger partial charge in [0.15, 0.2) is 6.10 Å². The first-order valence-electron chi connectivity index (χ1n) is 9.02. The number of nitro groups is 1. The maximum atomic E-state index is 12.5. The highest BCUT2D eigenvalue weighted by atomic mass is 35.5. The molecule has 0 aliphatic carbocycles. The van der Waals surface area contributed by atoms with Crippen molar-refractivity contribution in [3.63, 3.8) is 0 Å². The second-order valence-electron chi connectivity index (χ2n) is 6.44. The molecule has 2 aromatic carbocycles. The van der Waals surface area contributed by atoms with Crippen molar-refractivity contribution in [2.75, 3.05) is 11.9 Å². The Morgan fingerprint density at radius 1 is 1.23 bits per heavy atom. The van der Waals surface area contributed by atoms with Crippen LogP contribution in [0.2, 0.25) is 5.02 Å². The van der Waals surface area contributed by atoms with Gasteiger partial charge in [-0.3, -0.25) is 14.9 Å². The Morgan fingerprint density at radius 3 is 2.52 bits per heavy atom. The van der Waals surface area contributed by atoms with Crippen LogP contribution in [-0.4, -0.2) is 37.9 Å². The summed E-state index contributed by atoms with van der Waals surface area (Å²) in [4.78, 5) is 35.1. The fraction of sp³-hybridized carbons (Fsp3) is 0.263. The van der Waals surface area contributed by atoms with E-state index < -0.39 is 32.9 Å². The summed E-state index contributed by atoms with van der Waals surface area (Å²) in [6.45, 7) is 4.68. The van der Waals surface area contributed by atoms with Crippen LogP contribution in [0.3, 0.4) is 0 Å². The van der Waals surface area contributed by atoms with E-state index in [9.17, 15) is 28.1 Å². The number of nitrogens with zero attached hydrogens (tertiary/aromatic N) is 1. The van der Waals surface area contributed by atoms with Crippen LogP contribution < -0.4 is 10.0 Å². The molecule has 0 fully saturated rings. The van der Waals surface area contributed by atoms with E-state index in [1.165, 1.54) is 31.2 Å². The Labute approximate surface area is 183 Å². The number of carbonyl (C=O) groups is 2. The number of rotatable bonds is 8. The molecule has 0 aliphatic rings. The van der Waals surface area contributed by atoms with Crippen LogP contribution in [0.25, 0.3) is 0 Å². The molecule has 0 saturated heterocycles. The van der Waals surface area contributed by atoms with E-state index in [0.717, 1.165) is 12.1 Å². The number of benzene rings is 2. The van der Waals surface area contributed by atoms with Crippen LogP contribution in [0, 0.1) is 17.0 Å². The normalized spacial score (nSPS) is 12.1. The number of halogens is 1. The van der Waals surface area contributed by atoms with Gasteiger partial charge in [0, 0.05) is 18.7 Å². The van der Waals surface area contributed by atoms with Gasteiger partial charge in [0.2, 0.25) is 10.0 Å². The molecule has 0 radical (unpaired) electrons. The number of aryl methyl sites for hydroxylation is 1. The van der Waals surface area contributed by atoms with Crippen molar-refractivity contribution < 1.29 is 27.7 Å². The van der Waals surface area contributed by atoms with Crippen molar-refractivity contribution in [3.05, 3.63) is 62.7 Å². The number of esters is 1. The molecule has 31 heavy (non-hydrogen) atoms. The molecule has 2 rings (SSSR count). The third-order valence-electron chi connectivity index (χ3n) is 4.15. The highest BCUT2D eigenvalue weighted by Gasteiger charge is 2.23. The quantitative estimate of drug-likeness (QED) is 0.343. The number of amides is 1. The number of anilines is 1. The van der Waals surface area contributed by atoms with E-state index >= 15 is 0 Å². The summed E-state index contributed by atoms with van der Waals surface area (Å²) in [6, 6.07) is 7.48. The molecule has 12 heteroatoms. The number of carbonyl (C=O) groups excluding carboxylic acids is 2. The number of sulfonamides is 1. The maximum Gasteiger partial charge on any atom is 0.339 e. The molecular formula is C19H20ClN3O7S. The third-order valence-corrected chi connectivity index (χ3v) is 6.02. The van der Waals surface area contributed by atoms with Crippen molar-refractivity contribution in [3.8, 4) is 0 Å². The first-order valence-corrected chi connectivity index (χ1v) is 10.9. The number of ether oxygens (including phenoxy) is 1. The summed E-state index contributed by atoms with van der Waals surface area (Å²) in [7, 11) is -3.79. The lowest BCUT2D eigenvalue weighted by Crippen LogP contribution is -2.30. The molecule has 0 saturated carbocycles. The van der Waals surface area contributed by atoms with Crippen molar-refractivity contribution in [2.45, 2.75) is 31.8 Å². The Bertz CT molecular complexity index is 1140. The van der Waals surface area contributed by atoms with Gasteiger partial charge < -0.3 is 10.1 Å². The molecule has 0 bridgehead atoms. The Hall–Kier alpha value is -3.02. The van der Waals surface area contributed by atoms with E-state index in [2.05, 4.69) is 10.0 Å². The highest BCUT2D eigenvalue weighted by Crippen LogP contribution is 2.27. The monoisotopic (exact) mass is 469 g/mol. The van der Waals surface area contributed by atoms with Crippen molar-refractivity contribution in [1.82, 2.24) is 4.72 Å². The molecule has 1 unspecified atom stereocenters. The summed E-state index contributed by atoms with van der Waals surface area (Å²) in [6.07, 6.45) is -1.30. The molecule has 166 valence electrons. The zero-order chi connectivity index (χ0) is 23.3. The molecule has 0 heterocycles. The largest absolute Gasteiger partial charge is 0.449 e. The van der Waals surface area contributed by atoms with E-state index in [0.29, 0.717) is 5.56 Å². The summed E-state index contributed by atoms with van der Waals surface area (Å²) in [5.41, 5.74) is 0.138. The van der Waals surface area contributed by atoms with Gasteiger partial charge in [0.25, 0.3) is 11.6 Å². The standard InChI is InChI=1S/C19H20ClN3O7S/c1-4-21-31(28,29)14-7-5-11(2)15(10-14)19(25)30-12(3)18(24)22-17-9-13(23(26)27)6-8-16(17)20/h5-10,12,21H,4H2,1-3H3,(H,22,24). The minimum atomic E-state index is -3.79. The SMILES string of the molecule is CCNS(=O)(=O)c1ccc(C)c(C(=O)OC(C)C(=O)Nc2cc([N+](=O)[O-])ccc2Cl)c1. The fourth-order valence-electron chi connectivity index (χ4n) is 2.50. The number of non-ortho nitro benzene ring substituents is 1. The maximum absolute atomic E-state index is 12.5. The number of nitrogens with one attached hydrogen (secondary N) is 2. The summed E-state index contributed by atoms with van der Waals surface area (Å²) in [5, 5.41) is 13.3. The smallest absolute Gasteiger partial charge is 0.339 e. The Kier molecular flexibility index (Phi) is 7.71. The summed E-state index contributed by atoms with van der Waals surface area (Å²) >= 11 is 5.95. The summed E-state index contributed by atoms with van der Waals surface area (Å²) < 4.78 is 31.8. The lowest BCUT2D eigenvalue weighted by Gasteiger charge is -2.15. The van der Waals surface area contributed by atoms with Gasteiger partial charge in [-0.2, -0.15) is 0 Å². The molecule has 2 N–H and O–H groups in total. The van der Waals surface area contributed by atoms with Crippen LogP contribution >= 0.6 is 11.6 Å². The highest BCUT2D eigenvalue weighted by molar-refractivity contribution is 7.89. The summed E-state index contributed by atoms with van der Waals surface area (Å²) in [5.74, 6) is -1.68. The van der Waals surface area contributed by atoms with Crippen LogP contribution in [-0.2, 0) is 19.6 Å². The predicted octanol–water partition coefficient (Wildman–Crippen LogP) is 3.04. The minimum Gasteiger partial charge on any atom is -0.449 e. The first-order chi connectivity index (χ1) is 14.5. The molecular weight excluding hydrogens is 450 g/mol. The molecule has 0 aliphatic heterocycles. The van der Waals surface area contributed by atoms with Crippen LogP contribution in [0.4, 0.5) is 11.4 Å². The van der Waals surface area contributed by atoms with Crippen molar-refractivity contribution in [1.29, 1.82) is 0 Å². The topological polar surface area (TPSA) is 145 Å². The molecule has 1 amide bonds. The molecule has 0 aromatic heterocycles. The molecule has 10 nitrogen and oxygen atoms in total. The number of nitro benzene ring substituents is 1. The number of hydrogen-bond acceptors (Lipinski definition) is 7. The van der Waals surface area contributed by atoms with E-state index in [1.807, 2.05) is 0 Å². The average molecular weight is 470 g/mol. The zero-order valence-electron chi connectivity index (χ0n) is 16.8. The second kappa shape index (κ2) is 9.86. The molecule has 1 atom stereocenters. The predicted molar refractivity (Wildman–Crippen MR) is 114 cm³/mol. The van der Waals surface area contributed by atoms with Gasteiger partial charge >= 0.3 is 5.97 Å². The zero-order valence-corrected chi connectivity index (χ0v) is 18.4. The lowest BCUT2D eigenvalue weighted by molar-refractivity contribution is -0.384. The van der Waals surface area contributed by atoms with Crippen LogP contribution in [0.1, 0.15) is 29.8 Å². The van der Waals surface area contributed by atoms with E-state index in [-0.39, 0.29) is 33.4 Å². The van der Waals surface area contributed by atoms with Gasteiger partial charge in [0.1, 0.15) is 0 Å². The van der Waals surface area contributed by atoms with E-state index in [4.69, 9.17) is 16.3 Å². The Balaban J connectivity index is 2.18. The number of hydrogen-bond donors (Lipinski definition) is 2. The van der Waals surface area contributed by atoms with Gasteiger partial charge in [-0.25, -0.2) is 17.9 Å². The van der Waals surface area contributed by atoms with Gasteiger partial charge in [-0.05, 0) is 37.6 Å². The van der Waals surface area contributed by atoms with Gasteiger partial charge in [0.05, 0.1) is 26.1 Å². The molecule has 0 spiro atoms. The van der Waals surface area contributed by atoms with Crippen LogP contribution in [0.5, 0.6) is 0 Å². The first kappa shape index (κ1) is 24.3. The van der Waals surface area contributed by atoms with Gasteiger partial charge in [-0.15, -0.1) is 0 Å². The molecule has 2 aromatic rings.